The van der Waals surface area contributed by atoms with Crippen molar-refractivity contribution < 1.29 is 9.52 Å². The largest absolute Gasteiger partial charge is 0.455 e. The maximum Gasteiger partial charge on any atom is 0.176 e. The molecule has 5 heteroatoms. The van der Waals surface area contributed by atoms with Crippen LogP contribution in [0.25, 0.3) is 11.6 Å². The topological polar surface area (TPSA) is 64.1 Å². The molecule has 0 amide bonds. The summed E-state index contributed by atoms with van der Waals surface area (Å²) < 4.78 is 7.63. The lowest BCUT2D eigenvalue weighted by atomic mass is 10.2. The van der Waals surface area contributed by atoms with Gasteiger partial charge in [-0.1, -0.05) is 6.07 Å². The molecule has 22 heavy (non-hydrogen) atoms. The number of hydrogen-bond donors (Lipinski definition) is 1. The van der Waals surface area contributed by atoms with E-state index < -0.39 is 0 Å². The molecule has 5 nitrogen and oxygen atoms in total. The van der Waals surface area contributed by atoms with E-state index in [1.54, 1.807) is 12.3 Å². The van der Waals surface area contributed by atoms with Gasteiger partial charge in [-0.3, -0.25) is 4.98 Å². The predicted octanol–water partition coefficient (Wildman–Crippen LogP) is 3.05. The quantitative estimate of drug-likeness (QED) is 0.681. The molecule has 0 aliphatic rings. The van der Waals surface area contributed by atoms with Crippen LogP contribution < -0.4 is 0 Å². The van der Waals surface area contributed by atoms with E-state index in [9.17, 15) is 0 Å². The molecule has 3 rings (SSSR count). The van der Waals surface area contributed by atoms with Crippen LogP contribution >= 0.6 is 0 Å². The fraction of sp³-hybridized carbons (Fsp3) is 0.294. The molecule has 0 aromatic carbocycles. The number of aromatic nitrogens is 3. The van der Waals surface area contributed by atoms with Crippen molar-refractivity contribution in [3.63, 3.8) is 0 Å². The highest BCUT2D eigenvalue weighted by Gasteiger charge is 2.10. The third-order valence-electron chi connectivity index (χ3n) is 3.56. The van der Waals surface area contributed by atoms with Crippen LogP contribution in [0.2, 0.25) is 0 Å². The molecule has 0 fully saturated rings. The molecule has 0 aliphatic heterocycles. The summed E-state index contributed by atoms with van der Waals surface area (Å²) in [5.41, 5.74) is 1.13. The van der Waals surface area contributed by atoms with E-state index in [-0.39, 0.29) is 6.61 Å². The van der Waals surface area contributed by atoms with E-state index in [1.807, 2.05) is 30.6 Å². The summed E-state index contributed by atoms with van der Waals surface area (Å²) in [6, 6.07) is 9.63. The van der Waals surface area contributed by atoms with Crippen molar-refractivity contribution >= 4 is 0 Å². The van der Waals surface area contributed by atoms with E-state index in [2.05, 4.69) is 20.6 Å². The van der Waals surface area contributed by atoms with E-state index in [1.165, 1.54) is 0 Å². The zero-order chi connectivity index (χ0) is 15.2. The van der Waals surface area contributed by atoms with Gasteiger partial charge in [0.05, 0.1) is 0 Å². The van der Waals surface area contributed by atoms with Gasteiger partial charge in [0, 0.05) is 30.8 Å². The zero-order valence-corrected chi connectivity index (χ0v) is 12.4. The van der Waals surface area contributed by atoms with Gasteiger partial charge in [0.15, 0.2) is 11.6 Å². The van der Waals surface area contributed by atoms with Crippen LogP contribution in [-0.4, -0.2) is 19.6 Å². The van der Waals surface area contributed by atoms with Gasteiger partial charge >= 0.3 is 0 Å². The molecule has 3 aromatic heterocycles. The van der Waals surface area contributed by atoms with Crippen LogP contribution in [0.1, 0.15) is 24.3 Å². The van der Waals surface area contributed by atoms with Crippen LogP contribution in [0.5, 0.6) is 0 Å². The van der Waals surface area contributed by atoms with Crippen LogP contribution in [0.4, 0.5) is 0 Å². The standard InChI is InChI=1S/C17H19N3O2/c21-13-15-7-8-16(22-15)17-19-10-12-20(17)11-4-2-6-14-5-1-3-9-18-14/h1,3,5,7-10,12,21H,2,4,6,11,13H2. The first-order valence-corrected chi connectivity index (χ1v) is 7.48. The van der Waals surface area contributed by atoms with Gasteiger partial charge in [-0.15, -0.1) is 0 Å². The third kappa shape index (κ3) is 3.43. The van der Waals surface area contributed by atoms with E-state index in [4.69, 9.17) is 9.52 Å². The zero-order valence-electron chi connectivity index (χ0n) is 12.4. The highest BCUT2D eigenvalue weighted by Crippen LogP contribution is 2.21. The first-order valence-electron chi connectivity index (χ1n) is 7.48. The molecule has 0 aliphatic carbocycles. The fourth-order valence-electron chi connectivity index (χ4n) is 2.43. The van der Waals surface area contributed by atoms with Gasteiger partial charge in [-0.25, -0.2) is 4.98 Å². The van der Waals surface area contributed by atoms with Gasteiger partial charge in [0.1, 0.15) is 12.4 Å². The van der Waals surface area contributed by atoms with Crippen LogP contribution in [-0.2, 0) is 19.6 Å². The van der Waals surface area contributed by atoms with Crippen LogP contribution in [0.3, 0.4) is 0 Å². The van der Waals surface area contributed by atoms with Gasteiger partial charge in [0.2, 0.25) is 0 Å². The normalized spacial score (nSPS) is 11.0. The van der Waals surface area contributed by atoms with Crippen molar-refractivity contribution in [1.82, 2.24) is 14.5 Å². The summed E-state index contributed by atoms with van der Waals surface area (Å²) in [6.07, 6.45) is 8.67. The number of unbranched alkanes of at least 4 members (excludes halogenated alkanes) is 1. The highest BCUT2D eigenvalue weighted by molar-refractivity contribution is 5.47. The molecule has 0 atom stereocenters. The predicted molar refractivity (Wildman–Crippen MR) is 83.0 cm³/mol. The molecular formula is C17H19N3O2. The molecule has 114 valence electrons. The Kier molecular flexibility index (Phi) is 4.65. The Labute approximate surface area is 129 Å². The number of nitrogens with zero attached hydrogens (tertiary/aromatic N) is 3. The summed E-state index contributed by atoms with van der Waals surface area (Å²) in [6.45, 7) is 0.794. The highest BCUT2D eigenvalue weighted by atomic mass is 16.4. The monoisotopic (exact) mass is 297 g/mol. The van der Waals surface area contributed by atoms with Crippen molar-refractivity contribution in [3.8, 4) is 11.6 Å². The van der Waals surface area contributed by atoms with Gasteiger partial charge in [-0.05, 0) is 43.5 Å². The lowest BCUT2D eigenvalue weighted by Crippen LogP contribution is -2.00. The molecule has 1 N–H and O–H groups in total. The SMILES string of the molecule is OCc1ccc(-c2nccn2CCCCc2ccccn2)o1. The summed E-state index contributed by atoms with van der Waals surface area (Å²) >= 11 is 0. The first-order chi connectivity index (χ1) is 10.9. The molecule has 3 aromatic rings. The average Bonchev–Trinajstić information content (AvgIpc) is 3.21. The van der Waals surface area contributed by atoms with Crippen molar-refractivity contribution in [2.75, 3.05) is 0 Å². The van der Waals surface area contributed by atoms with E-state index >= 15 is 0 Å². The number of hydrogen-bond acceptors (Lipinski definition) is 4. The second-order valence-corrected chi connectivity index (χ2v) is 5.15. The molecule has 0 saturated heterocycles. The van der Waals surface area contributed by atoms with Crippen molar-refractivity contribution in [1.29, 1.82) is 0 Å². The lowest BCUT2D eigenvalue weighted by molar-refractivity contribution is 0.248. The summed E-state index contributed by atoms with van der Waals surface area (Å²) in [5.74, 6) is 2.05. The second-order valence-electron chi connectivity index (χ2n) is 5.15. The Morgan fingerprint density at radius 1 is 1.05 bits per heavy atom. The Balaban J connectivity index is 1.56. The number of aliphatic hydroxyl groups excluding tert-OH is 1. The van der Waals surface area contributed by atoms with Crippen molar-refractivity contribution in [2.24, 2.45) is 0 Å². The minimum Gasteiger partial charge on any atom is -0.455 e. The minimum atomic E-state index is -0.0925. The average molecular weight is 297 g/mol. The van der Waals surface area contributed by atoms with Gasteiger partial charge in [-0.2, -0.15) is 0 Å². The molecule has 0 unspecified atom stereocenters. The maximum atomic E-state index is 9.07. The number of aryl methyl sites for hydroxylation is 2. The van der Waals surface area contributed by atoms with Crippen LogP contribution in [0, 0.1) is 0 Å². The molecule has 0 spiro atoms. The molecule has 0 radical (unpaired) electrons. The Hall–Kier alpha value is -2.40. The Morgan fingerprint density at radius 2 is 2.00 bits per heavy atom. The molecule has 0 saturated carbocycles. The first kappa shape index (κ1) is 14.5. The molecule has 3 heterocycles. The Bertz CT molecular complexity index is 704. The number of imidazole rings is 1. The van der Waals surface area contributed by atoms with E-state index in [0.29, 0.717) is 11.5 Å². The van der Waals surface area contributed by atoms with E-state index in [0.717, 1.165) is 37.3 Å². The number of pyridine rings is 1. The minimum absolute atomic E-state index is 0.0925. The van der Waals surface area contributed by atoms with Crippen LogP contribution in [0.15, 0.2) is 53.3 Å². The Morgan fingerprint density at radius 3 is 2.77 bits per heavy atom. The molecule has 0 bridgehead atoms. The number of aliphatic hydroxyl groups is 1. The van der Waals surface area contributed by atoms with Crippen molar-refractivity contribution in [2.45, 2.75) is 32.4 Å². The summed E-state index contributed by atoms with van der Waals surface area (Å²) in [4.78, 5) is 8.68. The number of furan rings is 1. The van der Waals surface area contributed by atoms with Gasteiger partial charge < -0.3 is 14.1 Å². The third-order valence-corrected chi connectivity index (χ3v) is 3.56. The summed E-state index contributed by atoms with van der Waals surface area (Å²) in [5, 5.41) is 9.07. The second kappa shape index (κ2) is 7.04. The van der Waals surface area contributed by atoms with Crippen molar-refractivity contribution in [3.05, 3.63) is 60.4 Å². The summed E-state index contributed by atoms with van der Waals surface area (Å²) in [7, 11) is 0. The lowest BCUT2D eigenvalue weighted by Gasteiger charge is -2.06. The molecular weight excluding hydrogens is 278 g/mol. The smallest absolute Gasteiger partial charge is 0.176 e. The van der Waals surface area contributed by atoms with Gasteiger partial charge in [0.25, 0.3) is 0 Å². The number of rotatable bonds is 7. The maximum absolute atomic E-state index is 9.07. The fourth-order valence-corrected chi connectivity index (χ4v) is 2.43.